The Balaban J connectivity index is 1.54. The highest BCUT2D eigenvalue weighted by Crippen LogP contribution is 2.46. The number of carbonyl (C=O) groups excluding carboxylic acids is 1. The highest BCUT2D eigenvalue weighted by Gasteiger charge is 2.45. The van der Waals surface area contributed by atoms with Crippen LogP contribution in [0.25, 0.3) is 10.8 Å². The largest absolute Gasteiger partial charge is 0.506 e. The van der Waals surface area contributed by atoms with Gasteiger partial charge in [-0.15, -0.1) is 0 Å². The van der Waals surface area contributed by atoms with E-state index < -0.39 is 37.3 Å². The number of ether oxygens (including phenoxy) is 3. The van der Waals surface area contributed by atoms with Crippen LogP contribution in [0.1, 0.15) is 60.4 Å². The minimum atomic E-state index is -1.64. The summed E-state index contributed by atoms with van der Waals surface area (Å²) in [5, 5.41) is 56.2. The number of methoxy groups -OCH3 is 1. The number of carbonyl (C=O) groups is 1. The molecule has 2 heterocycles. The molecule has 11 heteroatoms. The molecule has 0 bridgehead atoms. The zero-order chi connectivity index (χ0) is 28.4. The van der Waals surface area contributed by atoms with Crippen LogP contribution in [0.4, 0.5) is 0 Å². The number of quaternary nitrogens is 1. The lowest BCUT2D eigenvalue weighted by molar-refractivity contribution is -0.843. The number of benzene rings is 2. The maximum absolute atomic E-state index is 13.7. The number of aliphatic hydroxyl groups excluding tert-OH is 4. The van der Waals surface area contributed by atoms with E-state index in [1.165, 1.54) is 18.1 Å². The van der Waals surface area contributed by atoms with E-state index in [2.05, 4.69) is 5.32 Å². The van der Waals surface area contributed by atoms with Gasteiger partial charge in [0.25, 0.3) is 0 Å². The zero-order valence-corrected chi connectivity index (χ0v) is 22.6. The second-order valence-corrected chi connectivity index (χ2v) is 10.9. The SMILES string of the molecule is COc1cc(OC2OC(CO)C(O)C(O)C2O)c2c(O)c(C(=O)CCC[NH+]3C=CNC3)c(C3CCCC3)cc2c1. The first kappa shape index (κ1) is 28.6. The van der Waals surface area contributed by atoms with Crippen LogP contribution in [0.3, 0.4) is 0 Å². The van der Waals surface area contributed by atoms with Gasteiger partial charge in [-0.1, -0.05) is 12.8 Å². The fraction of sp³-hybridized carbons (Fsp3) is 0.552. The van der Waals surface area contributed by atoms with Gasteiger partial charge in [-0.05, 0) is 41.8 Å². The Morgan fingerprint density at radius 2 is 1.90 bits per heavy atom. The summed E-state index contributed by atoms with van der Waals surface area (Å²) in [7, 11) is 1.49. The van der Waals surface area contributed by atoms with E-state index in [1.54, 1.807) is 6.07 Å². The molecule has 1 saturated carbocycles. The lowest BCUT2D eigenvalue weighted by atomic mass is 9.86. The summed E-state index contributed by atoms with van der Waals surface area (Å²) in [6, 6.07) is 5.17. The van der Waals surface area contributed by atoms with Gasteiger partial charge in [0.2, 0.25) is 6.29 Å². The Bertz CT molecular complexity index is 1240. The average molecular weight is 560 g/mol. The summed E-state index contributed by atoms with van der Waals surface area (Å²) in [6.45, 7) is 0.956. The van der Waals surface area contributed by atoms with Crippen molar-refractivity contribution in [1.82, 2.24) is 5.32 Å². The first-order valence-corrected chi connectivity index (χ1v) is 13.9. The third-order valence-corrected chi connectivity index (χ3v) is 8.25. The van der Waals surface area contributed by atoms with Gasteiger partial charge in [0.05, 0.1) is 37.4 Å². The Morgan fingerprint density at radius 3 is 2.58 bits per heavy atom. The van der Waals surface area contributed by atoms with Crippen LogP contribution in [0.2, 0.25) is 0 Å². The van der Waals surface area contributed by atoms with E-state index >= 15 is 0 Å². The van der Waals surface area contributed by atoms with Crippen LogP contribution in [-0.2, 0) is 4.74 Å². The van der Waals surface area contributed by atoms with Crippen molar-refractivity contribution in [2.75, 3.05) is 26.9 Å². The normalized spacial score (nSPS) is 28.6. The van der Waals surface area contributed by atoms with Crippen LogP contribution in [0.5, 0.6) is 17.2 Å². The molecule has 11 nitrogen and oxygen atoms in total. The van der Waals surface area contributed by atoms with E-state index in [-0.39, 0.29) is 40.6 Å². The molecule has 2 fully saturated rings. The maximum Gasteiger partial charge on any atom is 0.229 e. The highest BCUT2D eigenvalue weighted by atomic mass is 16.7. The first-order chi connectivity index (χ1) is 19.3. The molecule has 3 aliphatic rings. The second-order valence-electron chi connectivity index (χ2n) is 10.9. The fourth-order valence-corrected chi connectivity index (χ4v) is 6.03. The van der Waals surface area contributed by atoms with Crippen molar-refractivity contribution in [1.29, 1.82) is 0 Å². The number of aliphatic hydroxyl groups is 4. The summed E-state index contributed by atoms with van der Waals surface area (Å²) in [4.78, 5) is 14.9. The Morgan fingerprint density at radius 1 is 1.12 bits per heavy atom. The molecule has 1 saturated heterocycles. The molecule has 218 valence electrons. The van der Waals surface area contributed by atoms with Gasteiger partial charge < -0.3 is 45.1 Å². The van der Waals surface area contributed by atoms with Crippen molar-refractivity contribution < 1.29 is 49.4 Å². The van der Waals surface area contributed by atoms with Crippen molar-refractivity contribution in [3.05, 3.63) is 41.7 Å². The molecule has 7 N–H and O–H groups in total. The maximum atomic E-state index is 13.7. The van der Waals surface area contributed by atoms with Crippen molar-refractivity contribution in [3.8, 4) is 17.2 Å². The Labute approximate surface area is 232 Å². The summed E-state index contributed by atoms with van der Waals surface area (Å²) in [5.74, 6) is 0.277. The second kappa shape index (κ2) is 12.3. The Hall–Kier alpha value is -2.93. The average Bonchev–Trinajstić information content (AvgIpc) is 3.68. The smallest absolute Gasteiger partial charge is 0.229 e. The number of hydrogen-bond donors (Lipinski definition) is 7. The number of Topliss-reactive ketones (excluding diaryl/α,β-unsaturated/α-hetero) is 1. The van der Waals surface area contributed by atoms with Gasteiger partial charge in [-0.3, -0.25) is 9.69 Å². The number of ketones is 1. The molecule has 1 aliphatic carbocycles. The molecule has 0 spiro atoms. The van der Waals surface area contributed by atoms with Crippen LogP contribution in [0, 0.1) is 0 Å². The summed E-state index contributed by atoms with van der Waals surface area (Å²) < 4.78 is 17.0. The van der Waals surface area contributed by atoms with Gasteiger partial charge in [-0.25, -0.2) is 0 Å². The molecule has 0 aromatic heterocycles. The van der Waals surface area contributed by atoms with Gasteiger partial charge >= 0.3 is 0 Å². The van der Waals surface area contributed by atoms with Gasteiger partial charge in [0, 0.05) is 18.9 Å². The van der Waals surface area contributed by atoms with Crippen LogP contribution < -0.4 is 19.7 Å². The molecule has 6 unspecified atom stereocenters. The quantitative estimate of drug-likeness (QED) is 0.201. The number of hydrogen-bond acceptors (Lipinski definition) is 10. The molecule has 0 amide bonds. The van der Waals surface area contributed by atoms with E-state index in [1.807, 2.05) is 18.5 Å². The van der Waals surface area contributed by atoms with Gasteiger partial charge in [0.15, 0.2) is 12.5 Å². The molecule has 2 aromatic rings. The van der Waals surface area contributed by atoms with Crippen molar-refractivity contribution >= 4 is 16.6 Å². The summed E-state index contributed by atoms with van der Waals surface area (Å²) in [6.07, 6.45) is 1.37. The predicted molar refractivity (Wildman–Crippen MR) is 144 cm³/mol. The highest BCUT2D eigenvalue weighted by molar-refractivity contribution is 6.08. The van der Waals surface area contributed by atoms with Crippen molar-refractivity contribution in [2.45, 2.75) is 75.1 Å². The van der Waals surface area contributed by atoms with E-state index in [4.69, 9.17) is 14.2 Å². The minimum absolute atomic E-state index is 0.0703. The van der Waals surface area contributed by atoms with Crippen molar-refractivity contribution in [2.24, 2.45) is 0 Å². The molecule has 40 heavy (non-hydrogen) atoms. The fourth-order valence-electron chi connectivity index (χ4n) is 6.03. The molecule has 0 radical (unpaired) electrons. The number of aromatic hydroxyl groups is 1. The Kier molecular flexibility index (Phi) is 8.79. The third-order valence-electron chi connectivity index (χ3n) is 8.25. The molecule has 6 atom stereocenters. The number of rotatable bonds is 10. The molecule has 2 aromatic carbocycles. The first-order valence-electron chi connectivity index (χ1n) is 13.9. The number of nitrogens with one attached hydrogen (secondary N) is 2. The third kappa shape index (κ3) is 5.63. The zero-order valence-electron chi connectivity index (χ0n) is 22.6. The molecular formula is C29H39N2O9+. The lowest BCUT2D eigenvalue weighted by Gasteiger charge is -2.39. The molecular weight excluding hydrogens is 520 g/mol. The standard InChI is InChI=1S/C29H38N2O9/c1-38-18-11-17-12-19(16-5-2-3-6-16)24(20(33)7-4-9-31-10-8-30-15-31)26(35)23(17)21(13-18)39-29-28(37)27(36)25(34)22(14-32)40-29/h8,10-13,16,22,25,27-30,32,34-37H,2-7,9,14-15H2,1H3/p+1. The molecule has 5 rings (SSSR count). The van der Waals surface area contributed by atoms with Gasteiger partial charge in [0.1, 0.15) is 47.9 Å². The molecule has 2 aliphatic heterocycles. The lowest BCUT2D eigenvalue weighted by Crippen LogP contribution is -3.07. The van der Waals surface area contributed by atoms with Crippen molar-refractivity contribution in [3.63, 3.8) is 0 Å². The summed E-state index contributed by atoms with van der Waals surface area (Å²) >= 11 is 0. The van der Waals surface area contributed by atoms with E-state index in [0.29, 0.717) is 17.6 Å². The van der Waals surface area contributed by atoms with Crippen LogP contribution >= 0.6 is 0 Å². The predicted octanol–water partition coefficient (Wildman–Crippen LogP) is 0.270. The topological polar surface area (TPSA) is 162 Å². The number of phenols is 1. The monoisotopic (exact) mass is 559 g/mol. The van der Waals surface area contributed by atoms with E-state index in [9.17, 15) is 30.3 Å². The number of phenolic OH excluding ortho intramolecular Hbond substituents is 1. The summed E-state index contributed by atoms with van der Waals surface area (Å²) in [5.41, 5.74) is 1.10. The van der Waals surface area contributed by atoms with Crippen LogP contribution in [0.15, 0.2) is 30.6 Å². The van der Waals surface area contributed by atoms with E-state index in [0.717, 1.165) is 44.5 Å². The van der Waals surface area contributed by atoms with Gasteiger partial charge in [-0.2, -0.15) is 0 Å². The number of fused-ring (bicyclic) bond motifs is 1. The van der Waals surface area contributed by atoms with Crippen LogP contribution in [-0.4, -0.2) is 89.0 Å². The minimum Gasteiger partial charge on any atom is -0.506 e.